The zero-order chi connectivity index (χ0) is 15.2. The third-order valence-corrected chi connectivity index (χ3v) is 3.24. The first-order valence-corrected chi connectivity index (χ1v) is 6.71. The second kappa shape index (κ2) is 6.83. The fourth-order valence-electron chi connectivity index (χ4n) is 2.11. The molecular formula is C14H18N4O3. The first-order chi connectivity index (χ1) is 10.1. The predicted molar refractivity (Wildman–Crippen MR) is 75.2 cm³/mol. The molecular weight excluding hydrogens is 272 g/mol. The fourth-order valence-corrected chi connectivity index (χ4v) is 2.11. The normalized spacial score (nSPS) is 12.1. The van der Waals surface area contributed by atoms with Crippen LogP contribution in [-0.4, -0.2) is 38.4 Å². The molecule has 1 unspecified atom stereocenters. The van der Waals surface area contributed by atoms with Crippen LogP contribution in [0.1, 0.15) is 30.8 Å². The molecule has 0 saturated heterocycles. The van der Waals surface area contributed by atoms with Crippen molar-refractivity contribution in [3.8, 4) is 5.75 Å². The lowest BCUT2D eigenvalue weighted by Crippen LogP contribution is -2.15. The van der Waals surface area contributed by atoms with Crippen molar-refractivity contribution in [1.82, 2.24) is 20.2 Å². The molecule has 0 saturated carbocycles. The molecule has 1 aromatic carbocycles. The molecule has 0 bridgehead atoms. The molecule has 1 atom stereocenters. The van der Waals surface area contributed by atoms with E-state index in [0.717, 1.165) is 17.7 Å². The van der Waals surface area contributed by atoms with Gasteiger partial charge in [0, 0.05) is 6.42 Å². The third-order valence-electron chi connectivity index (χ3n) is 3.24. The molecule has 112 valence electrons. The van der Waals surface area contributed by atoms with Crippen molar-refractivity contribution in [2.24, 2.45) is 0 Å². The maximum absolute atomic E-state index is 10.8. The smallest absolute Gasteiger partial charge is 0.305 e. The van der Waals surface area contributed by atoms with Gasteiger partial charge in [0.25, 0.3) is 0 Å². The van der Waals surface area contributed by atoms with Crippen molar-refractivity contribution in [2.75, 3.05) is 7.11 Å². The Balaban J connectivity index is 2.00. The molecule has 7 nitrogen and oxygen atoms in total. The number of tetrazole rings is 1. The monoisotopic (exact) mass is 290 g/mol. The lowest BCUT2D eigenvalue weighted by atomic mass is 10.1. The van der Waals surface area contributed by atoms with E-state index >= 15 is 0 Å². The minimum atomic E-state index is -0.862. The highest BCUT2D eigenvalue weighted by molar-refractivity contribution is 5.67. The van der Waals surface area contributed by atoms with E-state index in [1.807, 2.05) is 24.3 Å². The van der Waals surface area contributed by atoms with E-state index in [2.05, 4.69) is 15.5 Å². The van der Waals surface area contributed by atoms with E-state index in [0.29, 0.717) is 12.2 Å². The zero-order valence-electron chi connectivity index (χ0n) is 12.1. The average molecular weight is 290 g/mol. The first kappa shape index (κ1) is 15.0. The number of aryl methyl sites for hydroxylation is 2. The van der Waals surface area contributed by atoms with Crippen molar-refractivity contribution < 1.29 is 14.6 Å². The largest absolute Gasteiger partial charge is 0.497 e. The molecule has 7 heteroatoms. The van der Waals surface area contributed by atoms with Gasteiger partial charge in [-0.25, -0.2) is 4.68 Å². The van der Waals surface area contributed by atoms with Crippen molar-refractivity contribution >= 4 is 5.97 Å². The molecule has 0 spiro atoms. The van der Waals surface area contributed by atoms with Gasteiger partial charge in [0.05, 0.1) is 19.6 Å². The van der Waals surface area contributed by atoms with Gasteiger partial charge >= 0.3 is 5.97 Å². The Kier molecular flexibility index (Phi) is 4.86. The molecule has 0 aliphatic heterocycles. The predicted octanol–water partition coefficient (Wildman–Crippen LogP) is 1.50. The summed E-state index contributed by atoms with van der Waals surface area (Å²) in [6.45, 7) is 1.79. The van der Waals surface area contributed by atoms with Gasteiger partial charge in [0.2, 0.25) is 0 Å². The first-order valence-electron chi connectivity index (χ1n) is 6.71. The summed E-state index contributed by atoms with van der Waals surface area (Å²) in [4.78, 5) is 10.8. The summed E-state index contributed by atoms with van der Waals surface area (Å²) in [6, 6.07) is 7.54. The standard InChI is InChI=1S/C14H18N4O3/c1-10(9-14(19)20)18-13(15-16-17-18)8-5-11-3-6-12(21-2)7-4-11/h3-4,6-7,10H,5,8-9H2,1-2H3,(H,19,20). The number of ether oxygens (including phenoxy) is 1. The van der Waals surface area contributed by atoms with Gasteiger partial charge in [0.15, 0.2) is 5.82 Å². The van der Waals surface area contributed by atoms with Gasteiger partial charge < -0.3 is 9.84 Å². The van der Waals surface area contributed by atoms with Gasteiger partial charge in [-0.05, 0) is 41.5 Å². The third kappa shape index (κ3) is 4.01. The minimum absolute atomic E-state index is 0.000571. The lowest BCUT2D eigenvalue weighted by Gasteiger charge is -2.11. The molecule has 1 aromatic heterocycles. The summed E-state index contributed by atoms with van der Waals surface area (Å²) in [5.74, 6) is 0.650. The summed E-state index contributed by atoms with van der Waals surface area (Å²) in [7, 11) is 1.63. The van der Waals surface area contributed by atoms with Crippen LogP contribution in [0.5, 0.6) is 5.75 Å². The quantitative estimate of drug-likeness (QED) is 0.831. The highest BCUT2D eigenvalue weighted by atomic mass is 16.5. The van der Waals surface area contributed by atoms with Gasteiger partial charge in [-0.15, -0.1) is 5.10 Å². The van der Waals surface area contributed by atoms with Gasteiger partial charge in [0.1, 0.15) is 5.75 Å². The Morgan fingerprint density at radius 1 is 1.33 bits per heavy atom. The number of carboxylic acid groups (broad SMARTS) is 1. The SMILES string of the molecule is COc1ccc(CCc2nnnn2C(C)CC(=O)O)cc1. The van der Waals surface area contributed by atoms with Crippen LogP contribution in [0.2, 0.25) is 0 Å². The molecule has 1 N–H and O–H groups in total. The van der Waals surface area contributed by atoms with E-state index in [9.17, 15) is 4.79 Å². The average Bonchev–Trinajstić information content (AvgIpc) is 2.93. The Labute approximate surface area is 122 Å². The van der Waals surface area contributed by atoms with Crippen LogP contribution in [0.25, 0.3) is 0 Å². The Bertz CT molecular complexity index is 595. The van der Waals surface area contributed by atoms with Crippen molar-refractivity contribution in [1.29, 1.82) is 0 Å². The summed E-state index contributed by atoms with van der Waals surface area (Å²) < 4.78 is 6.70. The molecule has 0 radical (unpaired) electrons. The number of rotatable bonds is 7. The highest BCUT2D eigenvalue weighted by Crippen LogP contribution is 2.15. The van der Waals surface area contributed by atoms with Crippen molar-refractivity contribution in [3.63, 3.8) is 0 Å². The molecule has 2 rings (SSSR count). The molecule has 2 aromatic rings. The topological polar surface area (TPSA) is 90.1 Å². The number of nitrogens with zero attached hydrogens (tertiary/aromatic N) is 4. The molecule has 0 aliphatic rings. The molecule has 21 heavy (non-hydrogen) atoms. The van der Waals surface area contributed by atoms with Crippen LogP contribution in [0, 0.1) is 0 Å². The number of carboxylic acids is 1. The molecule has 0 fully saturated rings. The maximum Gasteiger partial charge on any atom is 0.305 e. The van der Waals surface area contributed by atoms with Crippen LogP contribution < -0.4 is 4.74 Å². The number of hydrogen-bond donors (Lipinski definition) is 1. The minimum Gasteiger partial charge on any atom is -0.497 e. The summed E-state index contributed by atoms with van der Waals surface area (Å²) in [5, 5.41) is 20.3. The van der Waals surface area contributed by atoms with Gasteiger partial charge in [-0.2, -0.15) is 0 Å². The molecule has 1 heterocycles. The lowest BCUT2D eigenvalue weighted by molar-refractivity contribution is -0.137. The number of aliphatic carboxylic acids is 1. The number of benzene rings is 1. The highest BCUT2D eigenvalue weighted by Gasteiger charge is 2.15. The van der Waals surface area contributed by atoms with Crippen LogP contribution in [0.15, 0.2) is 24.3 Å². The summed E-state index contributed by atoms with van der Waals surface area (Å²) in [6.07, 6.45) is 1.44. The number of hydrogen-bond acceptors (Lipinski definition) is 5. The number of aromatic nitrogens is 4. The van der Waals surface area contributed by atoms with E-state index in [1.165, 1.54) is 0 Å². The summed E-state index contributed by atoms with van der Waals surface area (Å²) >= 11 is 0. The molecule has 0 aliphatic carbocycles. The summed E-state index contributed by atoms with van der Waals surface area (Å²) in [5.41, 5.74) is 1.15. The Hall–Kier alpha value is -2.44. The molecule has 0 amide bonds. The number of methoxy groups -OCH3 is 1. The van der Waals surface area contributed by atoms with Gasteiger partial charge in [-0.1, -0.05) is 12.1 Å². The van der Waals surface area contributed by atoms with Crippen LogP contribution in [-0.2, 0) is 17.6 Å². The number of carbonyl (C=O) groups is 1. The Morgan fingerprint density at radius 3 is 2.67 bits per heavy atom. The van der Waals surface area contributed by atoms with Crippen LogP contribution >= 0.6 is 0 Å². The zero-order valence-corrected chi connectivity index (χ0v) is 12.1. The van der Waals surface area contributed by atoms with E-state index in [1.54, 1.807) is 18.7 Å². The van der Waals surface area contributed by atoms with Crippen molar-refractivity contribution in [2.45, 2.75) is 32.2 Å². The van der Waals surface area contributed by atoms with Crippen LogP contribution in [0.3, 0.4) is 0 Å². The second-order valence-corrected chi connectivity index (χ2v) is 4.83. The fraction of sp³-hybridized carbons (Fsp3) is 0.429. The van der Waals surface area contributed by atoms with E-state index in [-0.39, 0.29) is 12.5 Å². The van der Waals surface area contributed by atoms with E-state index in [4.69, 9.17) is 9.84 Å². The second-order valence-electron chi connectivity index (χ2n) is 4.83. The van der Waals surface area contributed by atoms with Gasteiger partial charge in [-0.3, -0.25) is 4.79 Å². The van der Waals surface area contributed by atoms with Crippen LogP contribution in [0.4, 0.5) is 0 Å². The van der Waals surface area contributed by atoms with E-state index < -0.39 is 5.97 Å². The maximum atomic E-state index is 10.8. The Morgan fingerprint density at radius 2 is 2.05 bits per heavy atom. The van der Waals surface area contributed by atoms with Crippen molar-refractivity contribution in [3.05, 3.63) is 35.7 Å².